The summed E-state index contributed by atoms with van der Waals surface area (Å²) in [6.07, 6.45) is 2.19. The predicted molar refractivity (Wildman–Crippen MR) is 83.5 cm³/mol. The SMILES string of the molecule is CB1CCc2cccc(CS(=O)(=O)c3ccccc3)c21. The molecule has 2 aromatic carbocycles. The van der Waals surface area contributed by atoms with E-state index in [0.29, 0.717) is 11.6 Å². The summed E-state index contributed by atoms with van der Waals surface area (Å²) in [5, 5.41) is 0. The van der Waals surface area contributed by atoms with E-state index in [0.717, 1.165) is 18.3 Å². The number of sulfone groups is 1. The minimum Gasteiger partial charge on any atom is -0.223 e. The first-order chi connectivity index (χ1) is 9.58. The van der Waals surface area contributed by atoms with Crippen LogP contribution in [-0.2, 0) is 22.0 Å². The third kappa shape index (κ3) is 2.40. The van der Waals surface area contributed by atoms with Gasteiger partial charge in [0.1, 0.15) is 0 Å². The topological polar surface area (TPSA) is 34.1 Å². The second-order valence-electron chi connectivity index (χ2n) is 5.50. The molecule has 0 atom stereocenters. The van der Waals surface area contributed by atoms with Gasteiger partial charge in [-0.05, 0) is 24.1 Å². The van der Waals surface area contributed by atoms with E-state index < -0.39 is 9.84 Å². The van der Waals surface area contributed by atoms with Crippen LogP contribution in [0, 0.1) is 0 Å². The zero-order valence-electron chi connectivity index (χ0n) is 11.5. The highest BCUT2D eigenvalue weighted by Crippen LogP contribution is 2.21. The van der Waals surface area contributed by atoms with Gasteiger partial charge in [-0.2, -0.15) is 0 Å². The Hall–Kier alpha value is -1.55. The highest BCUT2D eigenvalue weighted by atomic mass is 32.2. The van der Waals surface area contributed by atoms with Crippen LogP contribution in [0.1, 0.15) is 11.1 Å². The summed E-state index contributed by atoms with van der Waals surface area (Å²) in [4.78, 5) is 0.406. The molecule has 0 aromatic heterocycles. The van der Waals surface area contributed by atoms with Crippen molar-refractivity contribution in [2.24, 2.45) is 0 Å². The van der Waals surface area contributed by atoms with Gasteiger partial charge in [0.15, 0.2) is 16.6 Å². The summed E-state index contributed by atoms with van der Waals surface area (Å²) in [5.74, 6) is 0.102. The number of hydrogen-bond donors (Lipinski definition) is 0. The minimum absolute atomic E-state index is 0.102. The first kappa shape index (κ1) is 13.4. The molecule has 1 heterocycles. The Morgan fingerprint density at radius 3 is 2.55 bits per heavy atom. The quantitative estimate of drug-likeness (QED) is 0.812. The molecule has 0 unspecified atom stereocenters. The fourth-order valence-electron chi connectivity index (χ4n) is 3.08. The van der Waals surface area contributed by atoms with Gasteiger partial charge >= 0.3 is 0 Å². The molecule has 0 aliphatic carbocycles. The van der Waals surface area contributed by atoms with Crippen molar-refractivity contribution in [2.75, 3.05) is 0 Å². The molecule has 0 saturated heterocycles. The van der Waals surface area contributed by atoms with E-state index in [1.54, 1.807) is 24.3 Å². The summed E-state index contributed by atoms with van der Waals surface area (Å²) >= 11 is 0. The zero-order valence-corrected chi connectivity index (χ0v) is 12.4. The van der Waals surface area contributed by atoms with Crippen molar-refractivity contribution in [2.45, 2.75) is 30.2 Å². The Morgan fingerprint density at radius 1 is 1.05 bits per heavy atom. The standard InChI is InChI=1S/C16H17BO2S/c1-17-11-10-13-6-5-7-14(16(13)17)12-20(18,19)15-8-3-2-4-9-15/h2-9H,10-12H2,1H3. The molecule has 102 valence electrons. The predicted octanol–water partition coefficient (Wildman–Crippen LogP) is 2.55. The first-order valence-electron chi connectivity index (χ1n) is 6.96. The third-order valence-corrected chi connectivity index (χ3v) is 5.76. The van der Waals surface area contributed by atoms with E-state index in [2.05, 4.69) is 12.9 Å². The monoisotopic (exact) mass is 284 g/mol. The van der Waals surface area contributed by atoms with E-state index in [1.165, 1.54) is 11.0 Å². The Bertz CT molecular complexity index is 723. The van der Waals surface area contributed by atoms with Crippen LogP contribution < -0.4 is 5.46 Å². The lowest BCUT2D eigenvalue weighted by Crippen LogP contribution is -2.28. The van der Waals surface area contributed by atoms with Crippen molar-refractivity contribution >= 4 is 22.0 Å². The maximum absolute atomic E-state index is 12.5. The molecule has 3 rings (SSSR count). The lowest BCUT2D eigenvalue weighted by molar-refractivity contribution is 0.595. The lowest BCUT2D eigenvalue weighted by atomic mass is 9.47. The maximum atomic E-state index is 12.5. The number of hydrogen-bond acceptors (Lipinski definition) is 2. The minimum atomic E-state index is -3.26. The number of benzene rings is 2. The molecule has 2 nitrogen and oxygen atoms in total. The van der Waals surface area contributed by atoms with Crippen LogP contribution in [-0.4, -0.2) is 15.1 Å². The fraction of sp³-hybridized carbons (Fsp3) is 0.250. The van der Waals surface area contributed by atoms with Gasteiger partial charge in [-0.25, -0.2) is 8.42 Å². The van der Waals surface area contributed by atoms with E-state index in [-0.39, 0.29) is 5.75 Å². The average molecular weight is 284 g/mol. The van der Waals surface area contributed by atoms with Crippen LogP contribution >= 0.6 is 0 Å². The van der Waals surface area contributed by atoms with Gasteiger partial charge in [0.25, 0.3) is 0 Å². The molecule has 0 N–H and O–H groups in total. The van der Waals surface area contributed by atoms with Crippen LogP contribution in [0.25, 0.3) is 0 Å². The third-order valence-electron chi connectivity index (χ3n) is 4.07. The molecular formula is C16H17BO2S. The number of aryl methyl sites for hydroxylation is 1. The summed E-state index contributed by atoms with van der Waals surface area (Å²) in [5.41, 5.74) is 3.54. The van der Waals surface area contributed by atoms with Gasteiger partial charge in [0.05, 0.1) is 10.6 Å². The summed E-state index contributed by atoms with van der Waals surface area (Å²) in [6, 6.07) is 14.8. The molecule has 0 bridgehead atoms. The summed E-state index contributed by atoms with van der Waals surface area (Å²) < 4.78 is 25.0. The Morgan fingerprint density at radius 2 is 1.80 bits per heavy atom. The van der Waals surface area contributed by atoms with Crippen LogP contribution in [0.5, 0.6) is 0 Å². The van der Waals surface area contributed by atoms with Crippen molar-refractivity contribution in [3.8, 4) is 0 Å². The molecule has 0 spiro atoms. The van der Waals surface area contributed by atoms with Crippen LogP contribution in [0.15, 0.2) is 53.4 Å². The van der Waals surface area contributed by atoms with Gasteiger partial charge in [0.2, 0.25) is 0 Å². The first-order valence-corrected chi connectivity index (χ1v) is 8.61. The Kier molecular flexibility index (Phi) is 3.42. The molecule has 0 amide bonds. The smallest absolute Gasteiger partial charge is 0.182 e. The maximum Gasteiger partial charge on any atom is 0.182 e. The number of rotatable bonds is 3. The van der Waals surface area contributed by atoms with E-state index in [1.807, 2.05) is 18.2 Å². The lowest BCUT2D eigenvalue weighted by Gasteiger charge is -2.11. The van der Waals surface area contributed by atoms with Crippen LogP contribution in [0.4, 0.5) is 0 Å². The molecule has 1 aliphatic heterocycles. The van der Waals surface area contributed by atoms with Gasteiger partial charge < -0.3 is 0 Å². The molecule has 0 radical (unpaired) electrons. The summed E-state index contributed by atoms with van der Waals surface area (Å²) in [6.45, 7) is 2.65. The molecule has 1 aliphatic rings. The Labute approximate surface area is 120 Å². The zero-order chi connectivity index (χ0) is 14.2. The molecule has 0 saturated carbocycles. The van der Waals surface area contributed by atoms with Gasteiger partial charge in [-0.15, -0.1) is 0 Å². The van der Waals surface area contributed by atoms with Crippen LogP contribution in [0.2, 0.25) is 13.1 Å². The highest BCUT2D eigenvalue weighted by molar-refractivity contribution is 7.90. The normalized spacial score (nSPS) is 14.3. The van der Waals surface area contributed by atoms with Crippen molar-refractivity contribution < 1.29 is 8.42 Å². The summed E-state index contributed by atoms with van der Waals surface area (Å²) in [7, 11) is -3.26. The van der Waals surface area contributed by atoms with Gasteiger partial charge in [0, 0.05) is 0 Å². The molecule has 20 heavy (non-hydrogen) atoms. The highest BCUT2D eigenvalue weighted by Gasteiger charge is 2.26. The van der Waals surface area contributed by atoms with E-state index in [4.69, 9.17) is 0 Å². The largest absolute Gasteiger partial charge is 0.223 e. The molecule has 4 heteroatoms. The second-order valence-corrected chi connectivity index (χ2v) is 7.49. The van der Waals surface area contributed by atoms with E-state index >= 15 is 0 Å². The van der Waals surface area contributed by atoms with Gasteiger partial charge in [-0.1, -0.05) is 60.6 Å². The van der Waals surface area contributed by atoms with Crippen molar-refractivity contribution in [1.29, 1.82) is 0 Å². The Balaban J connectivity index is 1.99. The van der Waals surface area contributed by atoms with Crippen LogP contribution in [0.3, 0.4) is 0 Å². The molecular weight excluding hydrogens is 267 g/mol. The van der Waals surface area contributed by atoms with Crippen molar-refractivity contribution in [3.63, 3.8) is 0 Å². The average Bonchev–Trinajstić information content (AvgIpc) is 2.82. The fourth-order valence-corrected chi connectivity index (χ4v) is 4.47. The second kappa shape index (κ2) is 5.10. The number of fused-ring (bicyclic) bond motifs is 1. The van der Waals surface area contributed by atoms with E-state index in [9.17, 15) is 8.42 Å². The molecule has 2 aromatic rings. The molecule has 0 fully saturated rings. The van der Waals surface area contributed by atoms with Crippen molar-refractivity contribution in [1.82, 2.24) is 0 Å². The van der Waals surface area contributed by atoms with Gasteiger partial charge in [-0.3, -0.25) is 0 Å². The van der Waals surface area contributed by atoms with Crippen molar-refractivity contribution in [3.05, 3.63) is 59.7 Å².